The zero-order chi connectivity index (χ0) is 22.8. The predicted molar refractivity (Wildman–Crippen MR) is 115 cm³/mol. The fourth-order valence-electron chi connectivity index (χ4n) is 3.35. The number of halogens is 1. The summed E-state index contributed by atoms with van der Waals surface area (Å²) in [6.45, 7) is 1.66. The minimum atomic E-state index is -0.837. The number of rotatable bonds is 5. The topological polar surface area (TPSA) is 71.1 Å². The second kappa shape index (κ2) is 8.55. The van der Waals surface area contributed by atoms with E-state index in [0.29, 0.717) is 33.9 Å². The standard InChI is InChI=1S/C25H19FO6/c1-14-19(32-25(28)16-6-4-5-7-18(16)26)11-9-17-23(27)22(31-24(14)17)13-15-8-10-20(29-2)21(12-15)30-3/h4-13H,1-3H3/b22-13-. The number of esters is 1. The Labute approximate surface area is 183 Å². The third-order valence-corrected chi connectivity index (χ3v) is 5.04. The highest BCUT2D eigenvalue weighted by molar-refractivity contribution is 6.15. The minimum Gasteiger partial charge on any atom is -0.493 e. The van der Waals surface area contributed by atoms with Crippen molar-refractivity contribution in [3.8, 4) is 23.0 Å². The molecule has 1 aliphatic heterocycles. The van der Waals surface area contributed by atoms with Crippen LogP contribution in [0, 0.1) is 12.7 Å². The Bertz CT molecular complexity index is 1260. The van der Waals surface area contributed by atoms with Crippen molar-refractivity contribution >= 4 is 17.8 Å². The van der Waals surface area contributed by atoms with Gasteiger partial charge in [0.15, 0.2) is 17.3 Å². The maximum Gasteiger partial charge on any atom is 0.346 e. The van der Waals surface area contributed by atoms with Crippen LogP contribution in [0.2, 0.25) is 0 Å². The van der Waals surface area contributed by atoms with Crippen LogP contribution >= 0.6 is 0 Å². The number of methoxy groups -OCH3 is 2. The van der Waals surface area contributed by atoms with Crippen LogP contribution in [0.5, 0.6) is 23.0 Å². The summed E-state index contributed by atoms with van der Waals surface area (Å²) >= 11 is 0. The number of ether oxygens (including phenoxy) is 4. The van der Waals surface area contributed by atoms with E-state index in [0.717, 1.165) is 0 Å². The molecule has 1 heterocycles. The SMILES string of the molecule is COc1ccc(/C=C2\Oc3c(ccc(OC(=O)c4ccccc4F)c3C)C2=O)cc1OC. The lowest BCUT2D eigenvalue weighted by atomic mass is 10.1. The molecule has 0 atom stereocenters. The summed E-state index contributed by atoms with van der Waals surface area (Å²) in [5, 5.41) is 0. The quantitative estimate of drug-likeness (QED) is 0.320. The molecule has 162 valence electrons. The highest BCUT2D eigenvalue weighted by Gasteiger charge is 2.31. The average Bonchev–Trinajstić information content (AvgIpc) is 3.11. The van der Waals surface area contributed by atoms with Crippen LogP contribution in [-0.4, -0.2) is 26.0 Å². The molecule has 32 heavy (non-hydrogen) atoms. The van der Waals surface area contributed by atoms with Crippen LogP contribution in [0.25, 0.3) is 6.08 Å². The number of ketones is 1. The second-order valence-electron chi connectivity index (χ2n) is 6.99. The molecule has 0 saturated carbocycles. The first-order chi connectivity index (χ1) is 15.4. The molecular weight excluding hydrogens is 415 g/mol. The Morgan fingerprint density at radius 1 is 0.969 bits per heavy atom. The Morgan fingerprint density at radius 3 is 2.41 bits per heavy atom. The highest BCUT2D eigenvalue weighted by atomic mass is 19.1. The van der Waals surface area contributed by atoms with Crippen molar-refractivity contribution in [2.45, 2.75) is 6.92 Å². The molecule has 0 spiro atoms. The predicted octanol–water partition coefficient (Wildman–Crippen LogP) is 4.99. The van der Waals surface area contributed by atoms with E-state index in [9.17, 15) is 14.0 Å². The zero-order valence-corrected chi connectivity index (χ0v) is 17.6. The lowest BCUT2D eigenvalue weighted by Crippen LogP contribution is -2.11. The molecule has 0 amide bonds. The average molecular weight is 434 g/mol. The third-order valence-electron chi connectivity index (χ3n) is 5.04. The molecule has 0 fully saturated rings. The molecule has 0 saturated heterocycles. The van der Waals surface area contributed by atoms with E-state index < -0.39 is 11.8 Å². The van der Waals surface area contributed by atoms with E-state index >= 15 is 0 Å². The number of allylic oxidation sites excluding steroid dienone is 1. The van der Waals surface area contributed by atoms with Gasteiger partial charge in [0.2, 0.25) is 5.78 Å². The second-order valence-corrected chi connectivity index (χ2v) is 6.99. The van der Waals surface area contributed by atoms with Crippen molar-refractivity contribution in [3.63, 3.8) is 0 Å². The van der Waals surface area contributed by atoms with Crippen molar-refractivity contribution in [1.82, 2.24) is 0 Å². The molecule has 3 aromatic rings. The molecule has 1 aliphatic rings. The Hall–Kier alpha value is -4.13. The van der Waals surface area contributed by atoms with Gasteiger partial charge in [-0.05, 0) is 55.0 Å². The fourth-order valence-corrected chi connectivity index (χ4v) is 3.35. The van der Waals surface area contributed by atoms with Gasteiger partial charge in [0.25, 0.3) is 0 Å². The van der Waals surface area contributed by atoms with Crippen LogP contribution in [0.3, 0.4) is 0 Å². The molecule has 0 bridgehead atoms. The van der Waals surface area contributed by atoms with Crippen molar-refractivity contribution in [3.05, 3.63) is 88.4 Å². The Morgan fingerprint density at radius 2 is 1.69 bits per heavy atom. The van der Waals surface area contributed by atoms with Gasteiger partial charge in [0, 0.05) is 5.56 Å². The zero-order valence-electron chi connectivity index (χ0n) is 17.6. The van der Waals surface area contributed by atoms with Crippen LogP contribution < -0.4 is 18.9 Å². The summed E-state index contributed by atoms with van der Waals surface area (Å²) in [7, 11) is 3.06. The lowest BCUT2D eigenvalue weighted by molar-refractivity contribution is 0.0728. The van der Waals surface area contributed by atoms with Crippen LogP contribution in [-0.2, 0) is 0 Å². The van der Waals surface area contributed by atoms with E-state index in [1.54, 1.807) is 37.3 Å². The highest BCUT2D eigenvalue weighted by Crippen LogP contribution is 2.40. The van der Waals surface area contributed by atoms with E-state index in [1.165, 1.54) is 44.6 Å². The molecule has 7 heteroatoms. The first-order valence-corrected chi connectivity index (χ1v) is 9.69. The fraction of sp³-hybridized carbons (Fsp3) is 0.120. The molecule has 6 nitrogen and oxygen atoms in total. The van der Waals surface area contributed by atoms with Gasteiger partial charge in [0.1, 0.15) is 17.3 Å². The summed E-state index contributed by atoms with van der Waals surface area (Å²) < 4.78 is 35.6. The largest absolute Gasteiger partial charge is 0.493 e. The minimum absolute atomic E-state index is 0.118. The molecule has 0 unspecified atom stereocenters. The number of Topliss-reactive ketones (excluding diaryl/α,β-unsaturated/α-hetero) is 1. The first-order valence-electron chi connectivity index (χ1n) is 9.69. The first kappa shape index (κ1) is 21.1. The summed E-state index contributed by atoms with van der Waals surface area (Å²) in [5.41, 5.74) is 1.30. The maximum absolute atomic E-state index is 13.9. The summed E-state index contributed by atoms with van der Waals surface area (Å²) in [4.78, 5) is 25.2. The molecule has 0 aliphatic carbocycles. The number of hydrogen-bond donors (Lipinski definition) is 0. The number of benzene rings is 3. The Kier molecular flexibility index (Phi) is 5.64. The summed E-state index contributed by atoms with van der Waals surface area (Å²) in [5.74, 6) is -0.146. The van der Waals surface area contributed by atoms with Gasteiger partial charge in [-0.15, -0.1) is 0 Å². The monoisotopic (exact) mass is 434 g/mol. The van der Waals surface area contributed by atoms with E-state index in [2.05, 4.69) is 0 Å². The molecular formula is C25H19FO6. The van der Waals surface area contributed by atoms with E-state index in [-0.39, 0.29) is 22.9 Å². The van der Waals surface area contributed by atoms with Gasteiger partial charge < -0.3 is 18.9 Å². The maximum atomic E-state index is 13.9. The van der Waals surface area contributed by atoms with Gasteiger partial charge in [-0.3, -0.25) is 4.79 Å². The van der Waals surface area contributed by atoms with Gasteiger partial charge in [0.05, 0.1) is 25.3 Å². The van der Waals surface area contributed by atoms with E-state index in [4.69, 9.17) is 18.9 Å². The summed E-state index contributed by atoms with van der Waals surface area (Å²) in [6, 6.07) is 13.8. The smallest absolute Gasteiger partial charge is 0.346 e. The Balaban J connectivity index is 1.62. The molecule has 3 aromatic carbocycles. The van der Waals surface area contributed by atoms with Crippen molar-refractivity contribution < 1.29 is 32.9 Å². The van der Waals surface area contributed by atoms with Crippen LogP contribution in [0.15, 0.2) is 60.4 Å². The number of fused-ring (bicyclic) bond motifs is 1. The molecule has 4 rings (SSSR count). The van der Waals surface area contributed by atoms with Crippen LogP contribution in [0.1, 0.15) is 31.8 Å². The third kappa shape index (κ3) is 3.80. The van der Waals surface area contributed by atoms with Gasteiger partial charge in [-0.1, -0.05) is 18.2 Å². The van der Waals surface area contributed by atoms with Gasteiger partial charge in [-0.25, -0.2) is 9.18 Å². The lowest BCUT2D eigenvalue weighted by Gasteiger charge is -2.10. The summed E-state index contributed by atoms with van der Waals surface area (Å²) in [6.07, 6.45) is 1.59. The number of hydrogen-bond acceptors (Lipinski definition) is 6. The number of carbonyl (C=O) groups is 2. The van der Waals surface area contributed by atoms with E-state index in [1.807, 2.05) is 0 Å². The van der Waals surface area contributed by atoms with Crippen molar-refractivity contribution in [2.24, 2.45) is 0 Å². The van der Waals surface area contributed by atoms with Crippen molar-refractivity contribution in [2.75, 3.05) is 14.2 Å². The normalized spacial score (nSPS) is 13.5. The van der Waals surface area contributed by atoms with Gasteiger partial charge >= 0.3 is 5.97 Å². The van der Waals surface area contributed by atoms with Crippen LogP contribution in [0.4, 0.5) is 4.39 Å². The molecule has 0 aromatic heterocycles. The molecule has 0 radical (unpaired) electrons. The molecule has 0 N–H and O–H groups in total. The van der Waals surface area contributed by atoms with Crippen molar-refractivity contribution in [1.29, 1.82) is 0 Å². The van der Waals surface area contributed by atoms with Gasteiger partial charge in [-0.2, -0.15) is 0 Å². The number of carbonyl (C=O) groups excluding carboxylic acids is 2.